The van der Waals surface area contributed by atoms with Crippen LogP contribution in [0.3, 0.4) is 0 Å². The molecule has 0 aromatic heterocycles. The number of carbonyl (C=O) groups is 2. The number of nitrogens with zero attached hydrogens (tertiary/aromatic N) is 1. The predicted octanol–water partition coefficient (Wildman–Crippen LogP) is 1.74. The molecule has 0 unspecified atom stereocenters. The zero-order valence-corrected chi connectivity index (χ0v) is 13.4. The highest BCUT2D eigenvalue weighted by Crippen LogP contribution is 2.45. The smallest absolute Gasteiger partial charge is 0.309 e. The lowest BCUT2D eigenvalue weighted by molar-refractivity contribution is -0.146. The van der Waals surface area contributed by atoms with Crippen LogP contribution in [-0.4, -0.2) is 47.7 Å². The number of cyclic esters (lactones) is 1. The predicted molar refractivity (Wildman–Crippen MR) is 78.9 cm³/mol. The van der Waals surface area contributed by atoms with Gasteiger partial charge in [0.15, 0.2) is 0 Å². The van der Waals surface area contributed by atoms with Crippen LogP contribution in [0.25, 0.3) is 0 Å². The minimum absolute atomic E-state index is 0.000554. The van der Waals surface area contributed by atoms with E-state index in [9.17, 15) is 9.59 Å². The van der Waals surface area contributed by atoms with Gasteiger partial charge in [-0.05, 0) is 38.6 Å². The summed E-state index contributed by atoms with van der Waals surface area (Å²) in [5.74, 6) is 0.267. The van der Waals surface area contributed by atoms with Gasteiger partial charge in [-0.25, -0.2) is 0 Å². The Labute approximate surface area is 131 Å². The summed E-state index contributed by atoms with van der Waals surface area (Å²) in [6.45, 7) is 5.01. The summed E-state index contributed by atoms with van der Waals surface area (Å²) in [5.41, 5.74) is 0. The van der Waals surface area contributed by atoms with Gasteiger partial charge in [-0.2, -0.15) is 0 Å². The Kier molecular flexibility index (Phi) is 3.44. The average molecular weight is 307 g/mol. The van der Waals surface area contributed by atoms with Gasteiger partial charge >= 0.3 is 11.9 Å². The van der Waals surface area contributed by atoms with Crippen LogP contribution in [0, 0.1) is 17.8 Å². The molecule has 0 aromatic carbocycles. The van der Waals surface area contributed by atoms with Gasteiger partial charge in [0.05, 0.1) is 11.8 Å². The Balaban J connectivity index is 1.55. The van der Waals surface area contributed by atoms with E-state index in [1.54, 1.807) is 0 Å². The van der Waals surface area contributed by atoms with Crippen molar-refractivity contribution in [3.8, 4) is 0 Å². The van der Waals surface area contributed by atoms with Gasteiger partial charge in [-0.1, -0.05) is 13.8 Å². The van der Waals surface area contributed by atoms with E-state index in [0.717, 1.165) is 38.6 Å². The van der Waals surface area contributed by atoms with Crippen molar-refractivity contribution in [3.63, 3.8) is 0 Å². The first-order valence-electron chi connectivity index (χ1n) is 8.73. The van der Waals surface area contributed by atoms with Crippen LogP contribution >= 0.6 is 0 Å². The van der Waals surface area contributed by atoms with E-state index in [-0.39, 0.29) is 36.0 Å². The molecule has 0 saturated carbocycles. The number of rotatable bonds is 1. The van der Waals surface area contributed by atoms with Gasteiger partial charge in [0.25, 0.3) is 0 Å². The van der Waals surface area contributed by atoms with Crippen molar-refractivity contribution < 1.29 is 19.1 Å². The van der Waals surface area contributed by atoms with E-state index in [1.807, 2.05) is 13.8 Å². The molecule has 4 fully saturated rings. The van der Waals surface area contributed by atoms with E-state index in [1.165, 1.54) is 0 Å². The van der Waals surface area contributed by atoms with Crippen molar-refractivity contribution in [1.29, 1.82) is 0 Å². The molecule has 7 atom stereocenters. The second kappa shape index (κ2) is 5.22. The fourth-order valence-electron chi connectivity index (χ4n) is 5.18. The third-order valence-electron chi connectivity index (χ3n) is 6.29. The average Bonchev–Trinajstić information content (AvgIpc) is 3.07. The topological polar surface area (TPSA) is 55.8 Å². The fourth-order valence-corrected chi connectivity index (χ4v) is 5.18. The highest BCUT2D eigenvalue weighted by Gasteiger charge is 2.54. The maximum Gasteiger partial charge on any atom is 0.309 e. The summed E-state index contributed by atoms with van der Waals surface area (Å²) < 4.78 is 11.2. The molecule has 0 spiro atoms. The fraction of sp³-hybridized carbons (Fsp3) is 0.882. The third-order valence-corrected chi connectivity index (χ3v) is 6.29. The van der Waals surface area contributed by atoms with Crippen molar-refractivity contribution in [2.24, 2.45) is 17.8 Å². The summed E-state index contributed by atoms with van der Waals surface area (Å²) in [6, 6.07) is 0.745. The number of carbonyl (C=O) groups excluding carboxylic acids is 2. The zero-order valence-electron chi connectivity index (χ0n) is 13.4. The quantitative estimate of drug-likeness (QED) is 0.691. The van der Waals surface area contributed by atoms with Gasteiger partial charge in [-0.3, -0.25) is 14.5 Å². The molecule has 4 heterocycles. The molecule has 22 heavy (non-hydrogen) atoms. The molecular weight excluding hydrogens is 282 g/mol. The van der Waals surface area contributed by atoms with Gasteiger partial charge in [0.1, 0.15) is 12.2 Å². The van der Waals surface area contributed by atoms with Crippen molar-refractivity contribution in [2.45, 2.75) is 70.2 Å². The summed E-state index contributed by atoms with van der Waals surface area (Å²) in [7, 11) is 0. The molecule has 4 rings (SSSR count). The van der Waals surface area contributed by atoms with Crippen LogP contribution in [0.15, 0.2) is 0 Å². The molecule has 0 bridgehead atoms. The third kappa shape index (κ3) is 2.08. The maximum atomic E-state index is 12.0. The Hall–Kier alpha value is -1.10. The Morgan fingerprint density at radius 2 is 1.68 bits per heavy atom. The number of hydrogen-bond acceptors (Lipinski definition) is 5. The SMILES string of the molecule is C[C@@H]1C(=O)O[C@@H]2CCCN3[C@@H](CC[C@H]3[C@@H]3C[C@H](C)C(=O)O3)[C@@H]12. The maximum absolute atomic E-state index is 12.0. The van der Waals surface area contributed by atoms with E-state index in [0.29, 0.717) is 18.0 Å². The van der Waals surface area contributed by atoms with E-state index in [2.05, 4.69) is 4.90 Å². The highest BCUT2D eigenvalue weighted by atomic mass is 16.6. The van der Waals surface area contributed by atoms with Crippen molar-refractivity contribution in [3.05, 3.63) is 0 Å². The first-order valence-corrected chi connectivity index (χ1v) is 8.73. The number of fused-ring (bicyclic) bond motifs is 3. The molecule has 4 aliphatic heterocycles. The van der Waals surface area contributed by atoms with E-state index in [4.69, 9.17) is 9.47 Å². The minimum atomic E-state index is -0.0473. The van der Waals surface area contributed by atoms with E-state index >= 15 is 0 Å². The van der Waals surface area contributed by atoms with Crippen LogP contribution in [0.5, 0.6) is 0 Å². The monoisotopic (exact) mass is 307 g/mol. The standard InChI is InChI=1S/C17H25NO4/c1-9-8-14(22-16(9)19)11-5-6-12-15-10(2)17(20)21-13(15)4-3-7-18(11)12/h9-15H,3-8H2,1-2H3/t9-,10-,11-,12-,13+,14-,15+/m0/s1. The lowest BCUT2D eigenvalue weighted by Crippen LogP contribution is -2.46. The molecule has 0 radical (unpaired) electrons. The van der Waals surface area contributed by atoms with Crippen LogP contribution in [0.4, 0.5) is 0 Å². The molecule has 5 nitrogen and oxygen atoms in total. The zero-order chi connectivity index (χ0) is 15.4. The van der Waals surface area contributed by atoms with Gasteiger partial charge < -0.3 is 9.47 Å². The second-order valence-electron chi connectivity index (χ2n) is 7.55. The first-order chi connectivity index (χ1) is 10.6. The lowest BCUT2D eigenvalue weighted by Gasteiger charge is -2.34. The molecular formula is C17H25NO4. The Morgan fingerprint density at radius 1 is 0.955 bits per heavy atom. The molecule has 4 saturated heterocycles. The Bertz CT molecular complexity index is 493. The first kappa shape index (κ1) is 14.5. The molecule has 122 valence electrons. The van der Waals surface area contributed by atoms with Crippen molar-refractivity contribution in [2.75, 3.05) is 6.54 Å². The number of ether oxygens (including phenoxy) is 2. The van der Waals surface area contributed by atoms with Gasteiger partial charge in [0.2, 0.25) is 0 Å². The van der Waals surface area contributed by atoms with Crippen LogP contribution in [-0.2, 0) is 19.1 Å². The largest absolute Gasteiger partial charge is 0.462 e. The lowest BCUT2D eigenvalue weighted by atomic mass is 9.83. The molecule has 0 N–H and O–H groups in total. The highest BCUT2D eigenvalue weighted by molar-refractivity contribution is 5.75. The minimum Gasteiger partial charge on any atom is -0.462 e. The summed E-state index contributed by atoms with van der Waals surface area (Å²) in [6.07, 6.45) is 5.17. The Morgan fingerprint density at radius 3 is 2.41 bits per heavy atom. The number of esters is 2. The second-order valence-corrected chi connectivity index (χ2v) is 7.55. The number of hydrogen-bond donors (Lipinski definition) is 0. The van der Waals surface area contributed by atoms with Crippen LogP contribution < -0.4 is 0 Å². The summed E-state index contributed by atoms with van der Waals surface area (Å²) in [5, 5.41) is 0. The molecule has 0 aliphatic carbocycles. The van der Waals surface area contributed by atoms with Gasteiger partial charge in [0, 0.05) is 18.0 Å². The summed E-state index contributed by atoms with van der Waals surface area (Å²) in [4.78, 5) is 26.2. The van der Waals surface area contributed by atoms with Crippen LogP contribution in [0.1, 0.15) is 46.0 Å². The normalized spacial score (nSPS) is 48.5. The van der Waals surface area contributed by atoms with Crippen molar-refractivity contribution >= 4 is 11.9 Å². The molecule has 5 heteroatoms. The van der Waals surface area contributed by atoms with Gasteiger partial charge in [-0.15, -0.1) is 0 Å². The van der Waals surface area contributed by atoms with Crippen LogP contribution in [0.2, 0.25) is 0 Å². The van der Waals surface area contributed by atoms with E-state index < -0.39 is 0 Å². The summed E-state index contributed by atoms with van der Waals surface area (Å²) >= 11 is 0. The molecule has 0 aromatic rings. The molecule has 4 aliphatic rings. The molecule has 0 amide bonds. The van der Waals surface area contributed by atoms with Crippen molar-refractivity contribution in [1.82, 2.24) is 4.90 Å².